The Labute approximate surface area is 161 Å². The first-order valence-corrected chi connectivity index (χ1v) is 9.51. The Bertz CT molecular complexity index is 1290. The Morgan fingerprint density at radius 1 is 1.31 bits per heavy atom. The number of rotatable bonds is 2. The maximum Gasteiger partial charge on any atom is 0.274 e. The fourth-order valence-corrected chi connectivity index (χ4v) is 4.51. The largest absolute Gasteiger partial charge is 0.504 e. The van der Waals surface area contributed by atoms with Gasteiger partial charge in [0.2, 0.25) is 0 Å². The van der Waals surface area contributed by atoms with Crippen LogP contribution in [-0.4, -0.2) is 21.6 Å². The van der Waals surface area contributed by atoms with Crippen LogP contribution in [-0.2, 0) is 0 Å². The molecule has 4 rings (SSSR count). The number of aromatic nitrogens is 2. The van der Waals surface area contributed by atoms with Gasteiger partial charge in [-0.05, 0) is 70.7 Å². The van der Waals surface area contributed by atoms with Gasteiger partial charge in [0.1, 0.15) is 5.52 Å². The number of ether oxygens (including phenoxy) is 1. The second-order valence-corrected chi connectivity index (χ2v) is 7.88. The SMILES string of the molecule is COc1ccc(/C=c2\sc3nc4c(Br)c(C)c(C)cc4n3c2=O)cc1O. The predicted molar refractivity (Wildman–Crippen MR) is 107 cm³/mol. The van der Waals surface area contributed by atoms with Gasteiger partial charge in [0.05, 0.1) is 17.2 Å². The summed E-state index contributed by atoms with van der Waals surface area (Å²) >= 11 is 4.92. The van der Waals surface area contributed by atoms with Crippen molar-refractivity contribution in [2.24, 2.45) is 0 Å². The van der Waals surface area contributed by atoms with Crippen molar-refractivity contribution in [1.82, 2.24) is 9.38 Å². The molecule has 0 fully saturated rings. The van der Waals surface area contributed by atoms with Gasteiger partial charge in [-0.25, -0.2) is 9.38 Å². The third-order valence-corrected chi connectivity index (χ3v) is 6.42. The summed E-state index contributed by atoms with van der Waals surface area (Å²) in [5.74, 6) is 0.433. The highest BCUT2D eigenvalue weighted by Gasteiger charge is 2.16. The lowest BCUT2D eigenvalue weighted by molar-refractivity contribution is 0.373. The molecule has 0 atom stereocenters. The summed E-state index contributed by atoms with van der Waals surface area (Å²) in [4.78, 5) is 18.2. The van der Waals surface area contributed by atoms with Crippen molar-refractivity contribution in [3.05, 3.63) is 60.3 Å². The van der Waals surface area contributed by atoms with Gasteiger partial charge in [-0.3, -0.25) is 4.79 Å². The normalized spacial score (nSPS) is 12.4. The molecule has 2 aromatic heterocycles. The Morgan fingerprint density at radius 2 is 2.08 bits per heavy atom. The third kappa shape index (κ3) is 2.50. The monoisotopic (exact) mass is 430 g/mol. The summed E-state index contributed by atoms with van der Waals surface area (Å²) in [6.45, 7) is 4.04. The van der Waals surface area contributed by atoms with Gasteiger partial charge < -0.3 is 9.84 Å². The summed E-state index contributed by atoms with van der Waals surface area (Å²) in [6.07, 6.45) is 1.75. The molecule has 26 heavy (non-hydrogen) atoms. The van der Waals surface area contributed by atoms with E-state index in [1.54, 1.807) is 28.7 Å². The summed E-state index contributed by atoms with van der Waals surface area (Å²) in [5, 5.41) is 9.92. The van der Waals surface area contributed by atoms with Gasteiger partial charge in [-0.1, -0.05) is 17.4 Å². The molecule has 0 aliphatic rings. The van der Waals surface area contributed by atoms with E-state index in [0.717, 1.165) is 32.2 Å². The van der Waals surface area contributed by atoms with Crippen LogP contribution in [0.1, 0.15) is 16.7 Å². The van der Waals surface area contributed by atoms with Crippen molar-refractivity contribution < 1.29 is 9.84 Å². The average Bonchev–Trinajstić information content (AvgIpc) is 3.11. The zero-order chi connectivity index (χ0) is 18.6. The minimum atomic E-state index is -0.113. The molecule has 1 N–H and O–H groups in total. The number of nitrogens with zero attached hydrogens (tertiary/aromatic N) is 2. The number of thiazole rings is 1. The smallest absolute Gasteiger partial charge is 0.274 e. The van der Waals surface area contributed by atoms with Crippen LogP contribution in [0.2, 0.25) is 0 Å². The van der Waals surface area contributed by atoms with Crippen molar-refractivity contribution in [1.29, 1.82) is 0 Å². The van der Waals surface area contributed by atoms with E-state index < -0.39 is 0 Å². The van der Waals surface area contributed by atoms with Crippen LogP contribution in [0.5, 0.6) is 11.5 Å². The zero-order valence-electron chi connectivity index (χ0n) is 14.3. The van der Waals surface area contributed by atoms with Crippen molar-refractivity contribution in [3.8, 4) is 11.5 Å². The van der Waals surface area contributed by atoms with Crippen LogP contribution < -0.4 is 14.8 Å². The lowest BCUT2D eigenvalue weighted by atomic mass is 10.1. The van der Waals surface area contributed by atoms with E-state index >= 15 is 0 Å². The second-order valence-electron chi connectivity index (χ2n) is 6.08. The molecule has 0 saturated heterocycles. The third-order valence-electron chi connectivity index (χ3n) is 4.48. The summed E-state index contributed by atoms with van der Waals surface area (Å²) in [6, 6.07) is 7.03. The van der Waals surface area contributed by atoms with E-state index in [2.05, 4.69) is 20.9 Å². The minimum Gasteiger partial charge on any atom is -0.504 e. The van der Waals surface area contributed by atoms with Crippen molar-refractivity contribution >= 4 is 49.3 Å². The molecule has 2 heterocycles. The van der Waals surface area contributed by atoms with Gasteiger partial charge in [0, 0.05) is 4.47 Å². The lowest BCUT2D eigenvalue weighted by Crippen LogP contribution is -2.22. The molecule has 0 unspecified atom stereocenters. The number of imidazole rings is 1. The fraction of sp³-hybridized carbons (Fsp3) is 0.158. The molecule has 2 aromatic carbocycles. The van der Waals surface area contributed by atoms with Gasteiger partial charge in [-0.2, -0.15) is 0 Å². The van der Waals surface area contributed by atoms with E-state index in [4.69, 9.17) is 4.74 Å². The highest BCUT2D eigenvalue weighted by atomic mass is 79.9. The second kappa shape index (κ2) is 6.10. The number of methoxy groups -OCH3 is 1. The molecule has 0 saturated carbocycles. The lowest BCUT2D eigenvalue weighted by Gasteiger charge is -2.03. The van der Waals surface area contributed by atoms with Crippen LogP contribution in [0.3, 0.4) is 0 Å². The quantitative estimate of drug-likeness (QED) is 0.528. The number of benzene rings is 2. The van der Waals surface area contributed by atoms with E-state index in [1.807, 2.05) is 19.9 Å². The van der Waals surface area contributed by atoms with Crippen molar-refractivity contribution in [2.75, 3.05) is 7.11 Å². The number of hydrogen-bond donors (Lipinski definition) is 1. The molecule has 4 aromatic rings. The van der Waals surface area contributed by atoms with E-state index in [-0.39, 0.29) is 11.3 Å². The Balaban J connectivity index is 1.97. The molecular weight excluding hydrogens is 416 g/mol. The summed E-state index contributed by atoms with van der Waals surface area (Å²) < 4.78 is 8.18. The van der Waals surface area contributed by atoms with Gasteiger partial charge in [-0.15, -0.1) is 0 Å². The topological polar surface area (TPSA) is 63.8 Å². The highest BCUT2D eigenvalue weighted by molar-refractivity contribution is 9.10. The maximum atomic E-state index is 12.9. The predicted octanol–water partition coefficient (Wildman–Crippen LogP) is 3.55. The molecular formula is C19H15BrN2O3S. The molecule has 0 spiro atoms. The Morgan fingerprint density at radius 3 is 2.77 bits per heavy atom. The molecule has 0 radical (unpaired) electrons. The van der Waals surface area contributed by atoms with Crippen LogP contribution in [0.4, 0.5) is 0 Å². The van der Waals surface area contributed by atoms with Crippen LogP contribution in [0, 0.1) is 13.8 Å². The molecule has 132 valence electrons. The van der Waals surface area contributed by atoms with Gasteiger partial charge >= 0.3 is 0 Å². The van der Waals surface area contributed by atoms with Crippen LogP contribution in [0.15, 0.2) is 33.5 Å². The molecule has 0 aliphatic carbocycles. The molecule has 5 nitrogen and oxygen atoms in total. The molecule has 0 aliphatic heterocycles. The van der Waals surface area contributed by atoms with E-state index in [1.165, 1.54) is 18.4 Å². The first kappa shape index (κ1) is 17.1. The number of aryl methyl sites for hydroxylation is 1. The average molecular weight is 431 g/mol. The first-order valence-electron chi connectivity index (χ1n) is 7.90. The van der Waals surface area contributed by atoms with Crippen molar-refractivity contribution in [3.63, 3.8) is 0 Å². The van der Waals surface area contributed by atoms with Gasteiger partial charge in [0.15, 0.2) is 16.5 Å². The molecule has 0 amide bonds. The molecule has 0 bridgehead atoms. The Hall–Kier alpha value is -2.38. The summed E-state index contributed by atoms with van der Waals surface area (Å²) in [5.41, 5.74) is 4.43. The highest BCUT2D eigenvalue weighted by Crippen LogP contribution is 2.30. The summed E-state index contributed by atoms with van der Waals surface area (Å²) in [7, 11) is 1.50. The zero-order valence-corrected chi connectivity index (χ0v) is 16.7. The van der Waals surface area contributed by atoms with Gasteiger partial charge in [0.25, 0.3) is 5.56 Å². The van der Waals surface area contributed by atoms with Crippen molar-refractivity contribution in [2.45, 2.75) is 13.8 Å². The van der Waals surface area contributed by atoms with E-state index in [9.17, 15) is 9.90 Å². The number of halogens is 1. The molecule has 7 heteroatoms. The number of phenolic OH excluding ortho intramolecular Hbond substituents is 1. The first-order chi connectivity index (χ1) is 12.4. The van der Waals surface area contributed by atoms with E-state index in [0.29, 0.717) is 15.2 Å². The standard InChI is InChI=1S/C19H15BrN2O3S/c1-9-6-12-17(16(20)10(9)2)21-19-22(12)18(24)15(26-19)8-11-4-5-14(25-3)13(23)7-11/h4-8,23H,1-3H3/b15-8-. The number of aromatic hydroxyl groups is 1. The fourth-order valence-electron chi connectivity index (χ4n) is 2.93. The minimum absolute atomic E-state index is 0.0375. The number of hydrogen-bond acceptors (Lipinski definition) is 5. The maximum absolute atomic E-state index is 12.9. The van der Waals surface area contributed by atoms with Crippen LogP contribution in [0.25, 0.3) is 22.1 Å². The number of phenols is 1. The number of fused-ring (bicyclic) bond motifs is 3. The van der Waals surface area contributed by atoms with Crippen LogP contribution >= 0.6 is 27.3 Å². The Kier molecular flexibility index (Phi) is 4.00.